The van der Waals surface area contributed by atoms with E-state index in [4.69, 9.17) is 0 Å². The summed E-state index contributed by atoms with van der Waals surface area (Å²) >= 11 is 0. The zero-order valence-electron chi connectivity index (χ0n) is 11.6. The number of para-hydroxylation sites is 1. The number of aromatic nitrogens is 1. The summed E-state index contributed by atoms with van der Waals surface area (Å²) in [5.41, 5.74) is 6.18. The average Bonchev–Trinajstić information content (AvgIpc) is 2.91. The van der Waals surface area contributed by atoms with Crippen molar-refractivity contribution in [3.63, 3.8) is 0 Å². The summed E-state index contributed by atoms with van der Waals surface area (Å²) in [6, 6.07) is 15.4. The first-order valence-electron chi connectivity index (χ1n) is 6.70. The molecule has 2 aromatic carbocycles. The first-order chi connectivity index (χ1) is 10.2. The highest BCUT2D eigenvalue weighted by Gasteiger charge is 2.04. The summed E-state index contributed by atoms with van der Waals surface area (Å²) in [4.78, 5) is 15.1. The maximum atomic E-state index is 12.0. The molecule has 0 saturated heterocycles. The molecule has 0 bridgehead atoms. The normalized spacial score (nSPS) is 11.1. The van der Waals surface area contributed by atoms with Gasteiger partial charge < -0.3 is 4.98 Å². The molecule has 4 nitrogen and oxygen atoms in total. The molecule has 0 aliphatic rings. The Labute approximate surface area is 122 Å². The van der Waals surface area contributed by atoms with Gasteiger partial charge in [-0.1, -0.05) is 35.9 Å². The lowest BCUT2D eigenvalue weighted by atomic mass is 10.1. The summed E-state index contributed by atoms with van der Waals surface area (Å²) in [5.74, 6) is -0.213. The Bertz CT molecular complexity index is 818. The molecule has 21 heavy (non-hydrogen) atoms. The molecule has 104 valence electrons. The number of aryl methyl sites for hydroxylation is 1. The number of H-pyrrole nitrogens is 1. The van der Waals surface area contributed by atoms with Crippen LogP contribution in [0.4, 0.5) is 0 Å². The van der Waals surface area contributed by atoms with Crippen molar-refractivity contribution in [1.29, 1.82) is 0 Å². The van der Waals surface area contributed by atoms with Gasteiger partial charge in [0.05, 0.1) is 6.21 Å². The standard InChI is InChI=1S/C17H15N3O/c1-12-5-4-6-13(9-12)17(21)20-19-11-14-10-18-16-8-3-2-7-15(14)16/h2-11,18H,1H3,(H,20,21). The first kappa shape index (κ1) is 13.1. The highest BCUT2D eigenvalue weighted by Crippen LogP contribution is 2.15. The quantitative estimate of drug-likeness (QED) is 0.560. The van der Waals surface area contributed by atoms with Crippen molar-refractivity contribution >= 4 is 23.0 Å². The van der Waals surface area contributed by atoms with E-state index in [2.05, 4.69) is 15.5 Å². The fraction of sp³-hybridized carbons (Fsp3) is 0.0588. The lowest BCUT2D eigenvalue weighted by Gasteiger charge is -2.00. The molecule has 0 spiro atoms. The smallest absolute Gasteiger partial charge is 0.271 e. The largest absolute Gasteiger partial charge is 0.361 e. The molecule has 1 amide bonds. The highest BCUT2D eigenvalue weighted by molar-refractivity contribution is 6.00. The Kier molecular flexibility index (Phi) is 3.51. The van der Waals surface area contributed by atoms with Gasteiger partial charge in [0.25, 0.3) is 5.91 Å². The second-order valence-electron chi connectivity index (χ2n) is 4.86. The second kappa shape index (κ2) is 5.63. The summed E-state index contributed by atoms with van der Waals surface area (Å²) in [7, 11) is 0. The van der Waals surface area contributed by atoms with E-state index in [1.807, 2.05) is 55.6 Å². The number of hydrogen-bond acceptors (Lipinski definition) is 2. The van der Waals surface area contributed by atoms with Gasteiger partial charge in [-0.25, -0.2) is 5.43 Å². The number of carbonyl (C=O) groups is 1. The van der Waals surface area contributed by atoms with Crippen LogP contribution in [-0.4, -0.2) is 17.1 Å². The van der Waals surface area contributed by atoms with Crippen LogP contribution in [0.2, 0.25) is 0 Å². The van der Waals surface area contributed by atoms with Crippen molar-refractivity contribution in [2.24, 2.45) is 5.10 Å². The van der Waals surface area contributed by atoms with Gasteiger partial charge >= 0.3 is 0 Å². The molecule has 0 unspecified atom stereocenters. The van der Waals surface area contributed by atoms with Crippen molar-refractivity contribution < 1.29 is 4.79 Å². The number of hydrogen-bond donors (Lipinski definition) is 2. The molecular weight excluding hydrogens is 262 g/mol. The summed E-state index contributed by atoms with van der Waals surface area (Å²) < 4.78 is 0. The number of amides is 1. The van der Waals surface area contributed by atoms with Crippen molar-refractivity contribution in [1.82, 2.24) is 10.4 Å². The van der Waals surface area contributed by atoms with Gasteiger partial charge in [-0.2, -0.15) is 5.10 Å². The molecule has 1 aromatic heterocycles. The summed E-state index contributed by atoms with van der Waals surface area (Å²) in [5, 5.41) is 5.10. The minimum atomic E-state index is -0.213. The van der Waals surface area contributed by atoms with E-state index < -0.39 is 0 Å². The van der Waals surface area contributed by atoms with Crippen LogP contribution in [0.3, 0.4) is 0 Å². The van der Waals surface area contributed by atoms with E-state index >= 15 is 0 Å². The molecule has 0 aliphatic heterocycles. The third kappa shape index (κ3) is 2.84. The van der Waals surface area contributed by atoms with Gasteiger partial charge in [-0.3, -0.25) is 4.79 Å². The number of carbonyl (C=O) groups excluding carboxylic acids is 1. The lowest BCUT2D eigenvalue weighted by molar-refractivity contribution is 0.0955. The molecule has 0 aliphatic carbocycles. The Hall–Kier alpha value is -2.88. The van der Waals surface area contributed by atoms with Gasteiger partial charge in [0.1, 0.15) is 0 Å². The minimum absolute atomic E-state index is 0.213. The van der Waals surface area contributed by atoms with E-state index in [0.717, 1.165) is 22.0 Å². The molecule has 3 aromatic rings. The Morgan fingerprint density at radius 2 is 2.05 bits per heavy atom. The van der Waals surface area contributed by atoms with Crippen LogP contribution in [0.25, 0.3) is 10.9 Å². The highest BCUT2D eigenvalue weighted by atomic mass is 16.2. The fourth-order valence-electron chi connectivity index (χ4n) is 2.21. The number of fused-ring (bicyclic) bond motifs is 1. The van der Waals surface area contributed by atoms with Crippen molar-refractivity contribution in [3.8, 4) is 0 Å². The van der Waals surface area contributed by atoms with Gasteiger partial charge in [0.15, 0.2) is 0 Å². The topological polar surface area (TPSA) is 57.2 Å². The lowest BCUT2D eigenvalue weighted by Crippen LogP contribution is -2.17. The molecule has 0 radical (unpaired) electrons. The first-order valence-corrected chi connectivity index (χ1v) is 6.70. The van der Waals surface area contributed by atoms with Gasteiger partial charge in [-0.05, 0) is 25.1 Å². The van der Waals surface area contributed by atoms with Crippen molar-refractivity contribution in [2.75, 3.05) is 0 Å². The number of nitrogens with one attached hydrogen (secondary N) is 2. The zero-order valence-corrected chi connectivity index (χ0v) is 11.6. The van der Waals surface area contributed by atoms with Crippen molar-refractivity contribution in [3.05, 3.63) is 71.4 Å². The molecule has 4 heteroatoms. The minimum Gasteiger partial charge on any atom is -0.361 e. The molecular formula is C17H15N3O. The van der Waals surface area contributed by atoms with Gasteiger partial charge in [-0.15, -0.1) is 0 Å². The van der Waals surface area contributed by atoms with Gasteiger partial charge in [0.2, 0.25) is 0 Å². The Morgan fingerprint density at radius 3 is 2.90 bits per heavy atom. The molecule has 0 fully saturated rings. The molecule has 0 atom stereocenters. The number of hydrazone groups is 1. The monoisotopic (exact) mass is 277 g/mol. The number of rotatable bonds is 3. The van der Waals surface area contributed by atoms with Gasteiger partial charge in [0, 0.05) is 28.2 Å². The molecule has 0 saturated carbocycles. The molecule has 1 heterocycles. The van der Waals surface area contributed by atoms with Crippen LogP contribution >= 0.6 is 0 Å². The van der Waals surface area contributed by atoms with E-state index in [1.54, 1.807) is 12.3 Å². The molecule has 2 N–H and O–H groups in total. The molecule has 3 rings (SSSR count). The fourth-order valence-corrected chi connectivity index (χ4v) is 2.21. The average molecular weight is 277 g/mol. The maximum Gasteiger partial charge on any atom is 0.271 e. The predicted octanol–water partition coefficient (Wildman–Crippen LogP) is 3.24. The van der Waals surface area contributed by atoms with Crippen LogP contribution < -0.4 is 5.43 Å². The van der Waals surface area contributed by atoms with E-state index in [1.165, 1.54) is 0 Å². The Morgan fingerprint density at radius 1 is 1.19 bits per heavy atom. The number of aromatic amines is 1. The second-order valence-corrected chi connectivity index (χ2v) is 4.86. The number of benzene rings is 2. The van der Waals surface area contributed by atoms with Crippen LogP contribution in [0, 0.1) is 6.92 Å². The van der Waals surface area contributed by atoms with E-state index in [0.29, 0.717) is 5.56 Å². The van der Waals surface area contributed by atoms with Crippen LogP contribution in [0.1, 0.15) is 21.5 Å². The Balaban J connectivity index is 1.74. The third-order valence-corrected chi connectivity index (χ3v) is 3.27. The van der Waals surface area contributed by atoms with Crippen LogP contribution in [0.5, 0.6) is 0 Å². The van der Waals surface area contributed by atoms with E-state index in [-0.39, 0.29) is 5.91 Å². The predicted molar refractivity (Wildman–Crippen MR) is 84.5 cm³/mol. The third-order valence-electron chi connectivity index (χ3n) is 3.27. The van der Waals surface area contributed by atoms with E-state index in [9.17, 15) is 4.79 Å². The van der Waals surface area contributed by atoms with Crippen LogP contribution in [-0.2, 0) is 0 Å². The summed E-state index contributed by atoms with van der Waals surface area (Å²) in [6.07, 6.45) is 3.51. The summed E-state index contributed by atoms with van der Waals surface area (Å²) in [6.45, 7) is 1.95. The zero-order chi connectivity index (χ0) is 14.7. The number of nitrogens with zero attached hydrogens (tertiary/aromatic N) is 1. The van der Waals surface area contributed by atoms with Crippen molar-refractivity contribution in [2.45, 2.75) is 6.92 Å². The maximum absolute atomic E-state index is 12.0. The van der Waals surface area contributed by atoms with Crippen LogP contribution in [0.15, 0.2) is 59.8 Å². The SMILES string of the molecule is Cc1cccc(C(=O)NN=Cc2c[nH]c3ccccc23)c1.